The molecule has 0 aromatic heterocycles. The Morgan fingerprint density at radius 3 is 2.86 bits per heavy atom. The molecule has 4 heteroatoms. The summed E-state index contributed by atoms with van der Waals surface area (Å²) < 4.78 is 4.74. The zero-order valence-electron chi connectivity index (χ0n) is 8.79. The second-order valence-electron chi connectivity index (χ2n) is 3.92. The smallest absolute Gasteiger partial charge is 0.245 e. The third-order valence-electron chi connectivity index (χ3n) is 2.96. The van der Waals surface area contributed by atoms with E-state index in [0.29, 0.717) is 11.8 Å². The molecule has 3 N–H and O–H groups in total. The van der Waals surface area contributed by atoms with E-state index in [1.54, 1.807) is 0 Å². The molecule has 0 saturated heterocycles. The SMILES string of the molecule is COCC(=O)NCC1CCCC1CN. The van der Waals surface area contributed by atoms with Crippen molar-refractivity contribution in [2.75, 3.05) is 26.8 Å². The lowest BCUT2D eigenvalue weighted by molar-refractivity contribution is -0.124. The Morgan fingerprint density at radius 2 is 2.21 bits per heavy atom. The molecule has 0 aliphatic heterocycles. The van der Waals surface area contributed by atoms with Crippen LogP contribution in [0.5, 0.6) is 0 Å². The molecule has 0 heterocycles. The fourth-order valence-corrected chi connectivity index (χ4v) is 2.12. The molecule has 0 bridgehead atoms. The van der Waals surface area contributed by atoms with E-state index in [-0.39, 0.29) is 12.5 Å². The zero-order valence-corrected chi connectivity index (χ0v) is 8.79. The van der Waals surface area contributed by atoms with Gasteiger partial charge in [0.2, 0.25) is 5.91 Å². The highest BCUT2D eigenvalue weighted by Crippen LogP contribution is 2.30. The van der Waals surface area contributed by atoms with Gasteiger partial charge in [0.05, 0.1) is 0 Å². The van der Waals surface area contributed by atoms with Crippen LogP contribution in [-0.4, -0.2) is 32.7 Å². The van der Waals surface area contributed by atoms with Gasteiger partial charge in [-0.2, -0.15) is 0 Å². The monoisotopic (exact) mass is 200 g/mol. The maximum absolute atomic E-state index is 11.1. The molecule has 4 nitrogen and oxygen atoms in total. The highest BCUT2D eigenvalue weighted by Gasteiger charge is 2.25. The standard InChI is InChI=1S/C10H20N2O2/c1-14-7-10(13)12-6-9-4-2-3-8(9)5-11/h8-9H,2-7,11H2,1H3,(H,12,13). The van der Waals surface area contributed by atoms with Crippen molar-refractivity contribution >= 4 is 5.91 Å². The van der Waals surface area contributed by atoms with Crippen LogP contribution in [0.25, 0.3) is 0 Å². The molecule has 1 fully saturated rings. The van der Waals surface area contributed by atoms with Crippen molar-refractivity contribution in [2.24, 2.45) is 17.6 Å². The average molecular weight is 200 g/mol. The molecule has 1 rings (SSSR count). The minimum absolute atomic E-state index is 0.0322. The van der Waals surface area contributed by atoms with Gasteiger partial charge in [-0.3, -0.25) is 4.79 Å². The summed E-state index contributed by atoms with van der Waals surface area (Å²) in [5, 5.41) is 2.87. The van der Waals surface area contributed by atoms with Crippen LogP contribution in [0.1, 0.15) is 19.3 Å². The van der Waals surface area contributed by atoms with E-state index in [1.165, 1.54) is 26.4 Å². The minimum Gasteiger partial charge on any atom is -0.375 e. The predicted molar refractivity (Wildman–Crippen MR) is 54.8 cm³/mol. The van der Waals surface area contributed by atoms with Gasteiger partial charge >= 0.3 is 0 Å². The van der Waals surface area contributed by atoms with Crippen LogP contribution >= 0.6 is 0 Å². The fraction of sp³-hybridized carbons (Fsp3) is 0.900. The number of methoxy groups -OCH3 is 1. The molecule has 82 valence electrons. The first kappa shape index (κ1) is 11.5. The van der Waals surface area contributed by atoms with Gasteiger partial charge in [-0.1, -0.05) is 6.42 Å². The predicted octanol–water partition coefficient (Wildman–Crippen LogP) is 0.124. The maximum atomic E-state index is 11.1. The first-order valence-electron chi connectivity index (χ1n) is 5.23. The van der Waals surface area contributed by atoms with Crippen LogP contribution in [0.2, 0.25) is 0 Å². The van der Waals surface area contributed by atoms with Gasteiger partial charge in [-0.25, -0.2) is 0 Å². The number of amides is 1. The summed E-state index contributed by atoms with van der Waals surface area (Å²) in [4.78, 5) is 11.1. The lowest BCUT2D eigenvalue weighted by Gasteiger charge is -2.17. The molecule has 1 aliphatic carbocycles. The molecule has 0 aromatic rings. The Hall–Kier alpha value is -0.610. The Morgan fingerprint density at radius 1 is 1.50 bits per heavy atom. The van der Waals surface area contributed by atoms with E-state index in [9.17, 15) is 4.79 Å². The Bertz CT molecular complexity index is 185. The van der Waals surface area contributed by atoms with Crippen molar-refractivity contribution < 1.29 is 9.53 Å². The summed E-state index contributed by atoms with van der Waals surface area (Å²) in [5.41, 5.74) is 5.65. The van der Waals surface area contributed by atoms with Gasteiger partial charge in [0.15, 0.2) is 0 Å². The second kappa shape index (κ2) is 5.98. The van der Waals surface area contributed by atoms with Crippen LogP contribution < -0.4 is 11.1 Å². The van der Waals surface area contributed by atoms with Crippen molar-refractivity contribution in [2.45, 2.75) is 19.3 Å². The zero-order chi connectivity index (χ0) is 10.4. The topological polar surface area (TPSA) is 64.3 Å². The number of carbonyl (C=O) groups excluding carboxylic acids is 1. The molecular formula is C10H20N2O2. The second-order valence-corrected chi connectivity index (χ2v) is 3.92. The van der Waals surface area contributed by atoms with Gasteiger partial charge in [-0.05, 0) is 31.2 Å². The number of nitrogens with one attached hydrogen (secondary N) is 1. The van der Waals surface area contributed by atoms with Crippen molar-refractivity contribution in [3.8, 4) is 0 Å². The summed E-state index contributed by atoms with van der Waals surface area (Å²) in [6.45, 7) is 1.65. The van der Waals surface area contributed by atoms with Crippen LogP contribution in [0.3, 0.4) is 0 Å². The maximum Gasteiger partial charge on any atom is 0.245 e. The van der Waals surface area contributed by atoms with E-state index in [0.717, 1.165) is 13.1 Å². The van der Waals surface area contributed by atoms with Crippen LogP contribution in [-0.2, 0) is 9.53 Å². The number of ether oxygens (including phenoxy) is 1. The number of carbonyl (C=O) groups is 1. The molecule has 14 heavy (non-hydrogen) atoms. The summed E-state index contributed by atoms with van der Waals surface area (Å²) in [5.74, 6) is 1.13. The Kier molecular flexibility index (Phi) is 4.90. The molecule has 2 atom stereocenters. The molecule has 0 radical (unpaired) electrons. The van der Waals surface area contributed by atoms with Gasteiger partial charge in [0, 0.05) is 13.7 Å². The van der Waals surface area contributed by atoms with Crippen LogP contribution in [0.15, 0.2) is 0 Å². The minimum atomic E-state index is -0.0322. The number of rotatable bonds is 5. The van der Waals surface area contributed by atoms with Gasteiger partial charge < -0.3 is 15.8 Å². The quantitative estimate of drug-likeness (QED) is 0.662. The number of hydrogen-bond acceptors (Lipinski definition) is 3. The summed E-state index contributed by atoms with van der Waals surface area (Å²) in [6, 6.07) is 0. The van der Waals surface area contributed by atoms with Gasteiger partial charge in [0.25, 0.3) is 0 Å². The van der Waals surface area contributed by atoms with E-state index in [2.05, 4.69) is 5.32 Å². The van der Waals surface area contributed by atoms with E-state index in [4.69, 9.17) is 10.5 Å². The summed E-state index contributed by atoms with van der Waals surface area (Å²) >= 11 is 0. The molecule has 1 aliphatic rings. The van der Waals surface area contributed by atoms with Crippen molar-refractivity contribution in [1.29, 1.82) is 0 Å². The normalized spacial score (nSPS) is 26.4. The third kappa shape index (κ3) is 3.27. The molecule has 2 unspecified atom stereocenters. The molecule has 0 aromatic carbocycles. The van der Waals surface area contributed by atoms with E-state index in [1.807, 2.05) is 0 Å². The largest absolute Gasteiger partial charge is 0.375 e. The molecule has 1 saturated carbocycles. The Balaban J connectivity index is 2.20. The average Bonchev–Trinajstić information content (AvgIpc) is 2.62. The first-order valence-corrected chi connectivity index (χ1v) is 5.23. The number of hydrogen-bond donors (Lipinski definition) is 2. The lowest BCUT2D eigenvalue weighted by Crippen LogP contribution is -2.34. The van der Waals surface area contributed by atoms with Crippen molar-refractivity contribution in [1.82, 2.24) is 5.32 Å². The van der Waals surface area contributed by atoms with Crippen LogP contribution in [0, 0.1) is 11.8 Å². The van der Waals surface area contributed by atoms with E-state index < -0.39 is 0 Å². The summed E-state index contributed by atoms with van der Waals surface area (Å²) in [7, 11) is 1.53. The van der Waals surface area contributed by atoms with Crippen molar-refractivity contribution in [3.63, 3.8) is 0 Å². The van der Waals surface area contributed by atoms with Crippen molar-refractivity contribution in [3.05, 3.63) is 0 Å². The van der Waals surface area contributed by atoms with Crippen LogP contribution in [0.4, 0.5) is 0 Å². The summed E-state index contributed by atoms with van der Waals surface area (Å²) in [6.07, 6.45) is 3.64. The molecule has 1 amide bonds. The lowest BCUT2D eigenvalue weighted by atomic mass is 9.96. The highest BCUT2D eigenvalue weighted by atomic mass is 16.5. The highest BCUT2D eigenvalue weighted by molar-refractivity contribution is 5.77. The van der Waals surface area contributed by atoms with E-state index >= 15 is 0 Å². The first-order chi connectivity index (χ1) is 6.77. The third-order valence-corrected chi connectivity index (χ3v) is 2.96. The van der Waals surface area contributed by atoms with Gasteiger partial charge in [-0.15, -0.1) is 0 Å². The molecular weight excluding hydrogens is 180 g/mol. The Labute approximate surface area is 85.2 Å². The van der Waals surface area contributed by atoms with Gasteiger partial charge in [0.1, 0.15) is 6.61 Å². The number of nitrogens with two attached hydrogens (primary N) is 1. The fourth-order valence-electron chi connectivity index (χ4n) is 2.12. The molecule has 0 spiro atoms.